The van der Waals surface area contributed by atoms with Gasteiger partial charge in [0.2, 0.25) is 0 Å². The summed E-state index contributed by atoms with van der Waals surface area (Å²) < 4.78 is 0. The highest BCUT2D eigenvalue weighted by Crippen LogP contribution is 2.50. The average molecular weight is 2040 g/mol. The van der Waals surface area contributed by atoms with E-state index in [0.717, 1.165) is 195 Å². The lowest BCUT2D eigenvalue weighted by Gasteiger charge is -2.36. The zero-order chi connectivity index (χ0) is 104. The van der Waals surface area contributed by atoms with Gasteiger partial charge in [-0.25, -0.2) is 0 Å². The second kappa shape index (κ2) is 68.3. The lowest BCUT2D eigenvalue weighted by molar-refractivity contribution is 0.155. The maximum absolute atomic E-state index is 2.56. The first-order chi connectivity index (χ1) is 70.6. The SMILES string of the molecule is CC.CC1=CCC(C2CCC(C)CC2)CC1.CC1CC=C(C2CCC(C)CC2)CC1.CC1CCC(/C=C/C2CCC(C)CC2)CC1.CC1CCC(C2CCC(C)CC2)CC1.CC1CCC(C2CCC(C)CC2)CC1.CC1CCC(C2CCC(C)CC2)CC1.CC1CCC(C2CCCCC2)CC1.CC1CCC(CCC2CCC(C)CC2)CC1.Cc1c2cc(C3CCC(C)CC3)cc1C2.Cc1ccc(C2CCC(C)CC2)cc1.[HH].[HH].[HH].[HH].[HH].[HH].[HH].[HH].[HH].[HH].[HH].[HH].[HH].[HH].[HH].[HH]. The summed E-state index contributed by atoms with van der Waals surface area (Å²) in [5, 5.41) is 0. The molecular formula is C146H286. The predicted octanol–water partition coefficient (Wildman–Crippen LogP) is 51.5. The van der Waals surface area contributed by atoms with E-state index < -0.39 is 0 Å². The van der Waals surface area contributed by atoms with E-state index in [2.05, 4.69) is 192 Å². The van der Waals surface area contributed by atoms with E-state index in [9.17, 15) is 0 Å². The Morgan fingerprint density at radius 1 is 0.219 bits per heavy atom. The van der Waals surface area contributed by atoms with Crippen molar-refractivity contribution in [2.75, 3.05) is 0 Å². The van der Waals surface area contributed by atoms with Crippen molar-refractivity contribution in [3.05, 3.63) is 105 Å². The normalized spacial score (nSPS) is 38.5. The standard InChI is InChI=1S/C16H30.C16H28.C15H20.3C14H26.2C14H24.C14H20.C13H24.C2H6.16H2/c2*1-13-3-7-15(8-4-13)11-12-16-9-5-14(2)6-10-16;1-10-3-5-12(6-4-10)15-8-13-7-14(9-15)11(13)2;6*1-11-3-7-13(8-4-11)14-9-5-12(2)6-10-14;1-11-7-9-13(10-8-11)12-5-3-2-4-6-12;1-2;;;;;;;;;;;;;;;;/h13-16H,3-12H2,1-2H3;11-16H,3-10H2,1-2H3;8-10,12H,3-7H2,1-2H3;3*11-14H,3-10H2,1-2H3;7,11-12,14H,3-6,8-10H2,1-2H3;3,12-14H,4-10H2,1-2H3;3-4,7-8,12,14H,5-6,9-10H2,1-2H3;11-13H,2-10H2,1H3;1-2H3;16*1H/b;12-11+;;;;;;;;;;;;;;;;;;;;;;;;;. The van der Waals surface area contributed by atoms with E-state index >= 15 is 0 Å². The maximum atomic E-state index is 2.56. The van der Waals surface area contributed by atoms with Crippen LogP contribution in [0.3, 0.4) is 0 Å². The molecule has 16 fully saturated rings. The number of allylic oxidation sites excluding steroid dienone is 6. The minimum absolute atomic E-state index is 0. The molecule has 2 aromatic carbocycles. The second-order valence-corrected chi connectivity index (χ2v) is 58.5. The maximum Gasteiger partial charge on any atom is 0 e. The van der Waals surface area contributed by atoms with Crippen molar-refractivity contribution in [3.8, 4) is 0 Å². The Morgan fingerprint density at radius 3 is 0.740 bits per heavy atom. The van der Waals surface area contributed by atoms with Crippen molar-refractivity contribution in [2.45, 2.75) is 632 Å². The van der Waals surface area contributed by atoms with Crippen LogP contribution in [0.4, 0.5) is 0 Å². The molecule has 0 N–H and O–H groups in total. The summed E-state index contributed by atoms with van der Waals surface area (Å²) in [7, 11) is 0. The number of hydrogen-bond acceptors (Lipinski definition) is 0. The van der Waals surface area contributed by atoms with Gasteiger partial charge in [0.15, 0.2) is 0 Å². The smallest absolute Gasteiger partial charge is 0 e. The molecule has 0 amide bonds. The lowest BCUT2D eigenvalue weighted by atomic mass is 9.70. The van der Waals surface area contributed by atoms with E-state index in [4.69, 9.17) is 0 Å². The van der Waals surface area contributed by atoms with Gasteiger partial charge in [0.25, 0.3) is 0 Å². The first-order valence-electron chi connectivity index (χ1n) is 67.8. The third-order valence-corrected chi connectivity index (χ3v) is 45.5. The zero-order valence-corrected chi connectivity index (χ0v) is 102. The fraction of sp³-hybridized carbons (Fsp3) is 0.877. The lowest BCUT2D eigenvalue weighted by Crippen LogP contribution is -2.24. The molecular weight excluding hydrogens is 1750 g/mol. The van der Waals surface area contributed by atoms with Crippen LogP contribution in [0.5, 0.6) is 0 Å². The van der Waals surface area contributed by atoms with Gasteiger partial charge in [0, 0.05) is 22.8 Å². The van der Waals surface area contributed by atoms with Crippen LogP contribution in [0.2, 0.25) is 0 Å². The molecule has 2 aromatic rings. The molecule has 22 rings (SSSR count). The Morgan fingerprint density at radius 2 is 0.473 bits per heavy atom. The van der Waals surface area contributed by atoms with Gasteiger partial charge in [0.05, 0.1) is 0 Å². The highest BCUT2D eigenvalue weighted by molar-refractivity contribution is 5.51. The van der Waals surface area contributed by atoms with E-state index in [1.54, 1.807) is 149 Å². The van der Waals surface area contributed by atoms with E-state index in [1.807, 2.05) is 19.4 Å². The van der Waals surface area contributed by atoms with Crippen molar-refractivity contribution in [1.82, 2.24) is 0 Å². The molecule has 0 aromatic heterocycles. The third kappa shape index (κ3) is 45.7. The van der Waals surface area contributed by atoms with Gasteiger partial charge < -0.3 is 0 Å². The number of hydrogen-bond donors (Lipinski definition) is 0. The second-order valence-electron chi connectivity index (χ2n) is 58.5. The average Bonchev–Trinajstić information content (AvgIpc) is 0.766. The van der Waals surface area contributed by atoms with E-state index in [-0.39, 0.29) is 22.8 Å². The summed E-state index contributed by atoms with van der Waals surface area (Å²) in [5.74, 6) is 33.7. The van der Waals surface area contributed by atoms with Crippen LogP contribution in [0.15, 0.2) is 71.8 Å². The quantitative estimate of drug-likeness (QED) is 0.150. The minimum atomic E-state index is 0. The van der Waals surface area contributed by atoms with Gasteiger partial charge in [-0.05, 0) is 456 Å². The molecule has 0 nitrogen and oxygen atoms in total. The molecule has 0 heteroatoms. The number of aryl methyl sites for hydroxylation is 2. The first-order valence-corrected chi connectivity index (χ1v) is 67.8. The summed E-state index contributed by atoms with van der Waals surface area (Å²) in [4.78, 5) is 0. The minimum Gasteiger partial charge on any atom is -0.0853 e. The molecule has 0 aliphatic heterocycles. The molecule has 2 bridgehead atoms. The fourth-order valence-corrected chi connectivity index (χ4v) is 32.6. The van der Waals surface area contributed by atoms with Crippen LogP contribution in [0.25, 0.3) is 0 Å². The van der Waals surface area contributed by atoms with Gasteiger partial charge in [-0.1, -0.05) is 465 Å². The molecule has 0 spiro atoms. The molecule has 0 radical (unpaired) electrons. The van der Waals surface area contributed by atoms with Gasteiger partial charge in [0.1, 0.15) is 0 Å². The molecule has 0 heterocycles. The Bertz CT molecular complexity index is 3520. The molecule has 2 unspecified atom stereocenters. The summed E-state index contributed by atoms with van der Waals surface area (Å²) in [6.07, 6.45) is 120. The highest BCUT2D eigenvalue weighted by Gasteiger charge is 2.37. The Balaban J connectivity index is -0.000000412. The molecule has 2 atom stereocenters. The van der Waals surface area contributed by atoms with Crippen molar-refractivity contribution < 1.29 is 22.8 Å². The predicted molar refractivity (Wildman–Crippen MR) is 683 cm³/mol. The Kier molecular flexibility index (Phi) is 58.0. The van der Waals surface area contributed by atoms with Crippen molar-refractivity contribution in [1.29, 1.82) is 0 Å². The van der Waals surface area contributed by atoms with Gasteiger partial charge in [-0.2, -0.15) is 0 Å². The van der Waals surface area contributed by atoms with Crippen LogP contribution in [0, 0.1) is 197 Å². The highest BCUT2D eigenvalue weighted by atomic mass is 14.4. The van der Waals surface area contributed by atoms with Crippen LogP contribution in [-0.4, -0.2) is 0 Å². The molecule has 870 valence electrons. The fourth-order valence-electron chi connectivity index (χ4n) is 32.6. The molecule has 0 saturated heterocycles. The summed E-state index contributed by atoms with van der Waals surface area (Å²) in [5.41, 5.74) is 12.8. The molecule has 146 heavy (non-hydrogen) atoms. The zero-order valence-electron chi connectivity index (χ0n) is 102. The van der Waals surface area contributed by atoms with Gasteiger partial charge in [-0.15, -0.1) is 0 Å². The number of benzene rings is 2. The molecule has 20 aliphatic carbocycles. The molecule has 16 saturated carbocycles. The van der Waals surface area contributed by atoms with Crippen LogP contribution in [-0.2, 0) is 6.42 Å². The summed E-state index contributed by atoms with van der Waals surface area (Å²) in [6, 6.07) is 14.1. The topological polar surface area (TPSA) is 0 Å². The Hall–Kier alpha value is -2.34. The Labute approximate surface area is 938 Å². The van der Waals surface area contributed by atoms with Gasteiger partial charge in [-0.3, -0.25) is 0 Å². The third-order valence-electron chi connectivity index (χ3n) is 45.5. The molecule has 20 aliphatic rings. The van der Waals surface area contributed by atoms with E-state index in [0.29, 0.717) is 0 Å². The van der Waals surface area contributed by atoms with E-state index in [1.165, 1.54) is 365 Å². The van der Waals surface area contributed by atoms with Crippen molar-refractivity contribution in [2.24, 2.45) is 183 Å². The first kappa shape index (κ1) is 124. The van der Waals surface area contributed by atoms with Gasteiger partial charge >= 0.3 is 0 Å². The monoisotopic (exact) mass is 2040 g/mol. The number of fused-ring (bicyclic) bond motifs is 2. The summed E-state index contributed by atoms with van der Waals surface area (Å²) in [6.45, 7) is 49.4. The van der Waals surface area contributed by atoms with Crippen LogP contribution in [0.1, 0.15) is 668 Å². The summed E-state index contributed by atoms with van der Waals surface area (Å²) >= 11 is 0. The van der Waals surface area contributed by atoms with Crippen LogP contribution < -0.4 is 0 Å². The number of rotatable bonds is 13. The van der Waals surface area contributed by atoms with Crippen molar-refractivity contribution in [3.63, 3.8) is 0 Å². The van der Waals surface area contributed by atoms with Crippen molar-refractivity contribution >= 4 is 0 Å². The largest absolute Gasteiger partial charge is 0.0853 e. The van der Waals surface area contributed by atoms with Crippen LogP contribution >= 0.6 is 0 Å².